The van der Waals surface area contributed by atoms with Crippen LogP contribution in [0.3, 0.4) is 0 Å². The minimum absolute atomic E-state index is 0.0405. The first-order valence-electron chi connectivity index (χ1n) is 10.2. The van der Waals surface area contributed by atoms with Gasteiger partial charge in [-0.2, -0.15) is 0 Å². The third-order valence-electron chi connectivity index (χ3n) is 5.06. The smallest absolute Gasteiger partial charge is 0.237 e. The summed E-state index contributed by atoms with van der Waals surface area (Å²) in [6.45, 7) is 7.87. The lowest BCUT2D eigenvalue weighted by atomic mass is 10.2. The van der Waals surface area contributed by atoms with Crippen LogP contribution >= 0.6 is 11.8 Å². The van der Waals surface area contributed by atoms with E-state index in [9.17, 15) is 4.79 Å². The van der Waals surface area contributed by atoms with Gasteiger partial charge < -0.3 is 10.1 Å². The van der Waals surface area contributed by atoms with Crippen molar-refractivity contribution in [1.29, 1.82) is 0 Å². The monoisotopic (exact) mass is 422 g/mol. The van der Waals surface area contributed by atoms with Crippen LogP contribution in [-0.2, 0) is 16.1 Å². The van der Waals surface area contributed by atoms with Crippen molar-refractivity contribution in [2.24, 2.45) is 0 Å². The van der Waals surface area contributed by atoms with E-state index in [2.05, 4.69) is 10.2 Å². The molecule has 1 saturated heterocycles. The highest BCUT2D eigenvalue weighted by molar-refractivity contribution is 8.00. The first-order chi connectivity index (χ1) is 14.6. The average Bonchev–Trinajstić information content (AvgIpc) is 2.76. The molecule has 1 N–H and O–H groups in total. The molecule has 30 heavy (non-hydrogen) atoms. The maximum atomic E-state index is 12.7. The van der Waals surface area contributed by atoms with Gasteiger partial charge in [0.25, 0.3) is 0 Å². The Morgan fingerprint density at radius 1 is 1.13 bits per heavy atom. The molecule has 1 aliphatic rings. The molecule has 1 aliphatic heterocycles. The van der Waals surface area contributed by atoms with E-state index in [4.69, 9.17) is 14.7 Å². The Morgan fingerprint density at radius 2 is 1.87 bits per heavy atom. The van der Waals surface area contributed by atoms with Crippen LogP contribution in [0.4, 0.5) is 5.69 Å². The Bertz CT molecular complexity index is 1020. The minimum atomic E-state index is -0.291. The fourth-order valence-corrected chi connectivity index (χ4v) is 4.27. The van der Waals surface area contributed by atoms with E-state index in [-0.39, 0.29) is 11.2 Å². The summed E-state index contributed by atoms with van der Waals surface area (Å²) >= 11 is 1.47. The molecule has 3 aromatic rings. The summed E-state index contributed by atoms with van der Waals surface area (Å²) in [4.78, 5) is 24.6. The molecule has 0 saturated carbocycles. The second kappa shape index (κ2) is 9.55. The molecule has 4 rings (SSSR count). The standard InChI is InChI=1S/C23H26N4O2S/c1-16-7-9-18(10-8-16)24-22(28)17(2)30-23-19-5-3-4-6-20(19)25-21(26-23)15-27-11-13-29-14-12-27/h3-10,17H,11-15H2,1-2H3,(H,24,28)/t17-/m1/s1. The number of ether oxygens (including phenoxy) is 1. The zero-order chi connectivity index (χ0) is 20.9. The summed E-state index contributed by atoms with van der Waals surface area (Å²) in [6.07, 6.45) is 0. The van der Waals surface area contributed by atoms with Crippen molar-refractivity contribution in [3.63, 3.8) is 0 Å². The van der Waals surface area contributed by atoms with Crippen molar-refractivity contribution in [3.05, 3.63) is 59.9 Å². The molecule has 156 valence electrons. The lowest BCUT2D eigenvalue weighted by Crippen LogP contribution is -2.36. The zero-order valence-corrected chi connectivity index (χ0v) is 18.1. The molecule has 0 aliphatic carbocycles. The number of nitrogens with zero attached hydrogens (tertiary/aromatic N) is 3. The van der Waals surface area contributed by atoms with Gasteiger partial charge in [0, 0.05) is 24.2 Å². The van der Waals surface area contributed by atoms with Crippen LogP contribution in [0.1, 0.15) is 18.3 Å². The maximum absolute atomic E-state index is 12.7. The summed E-state index contributed by atoms with van der Waals surface area (Å²) in [6, 6.07) is 15.8. The number of hydrogen-bond donors (Lipinski definition) is 1. The van der Waals surface area contributed by atoms with Gasteiger partial charge in [0.05, 0.1) is 30.5 Å². The number of carbonyl (C=O) groups is 1. The van der Waals surface area contributed by atoms with E-state index in [0.29, 0.717) is 6.54 Å². The van der Waals surface area contributed by atoms with Gasteiger partial charge >= 0.3 is 0 Å². The number of aryl methyl sites for hydroxylation is 1. The van der Waals surface area contributed by atoms with E-state index in [1.807, 2.05) is 62.4 Å². The number of anilines is 1. The van der Waals surface area contributed by atoms with Crippen molar-refractivity contribution in [2.75, 3.05) is 31.6 Å². The molecule has 0 radical (unpaired) electrons. The summed E-state index contributed by atoms with van der Waals surface area (Å²) in [7, 11) is 0. The number of thioether (sulfide) groups is 1. The van der Waals surface area contributed by atoms with Crippen molar-refractivity contribution in [3.8, 4) is 0 Å². The first kappa shape index (κ1) is 20.8. The van der Waals surface area contributed by atoms with Gasteiger partial charge in [0.15, 0.2) is 0 Å². The predicted octanol–water partition coefficient (Wildman–Crippen LogP) is 3.89. The van der Waals surface area contributed by atoms with Gasteiger partial charge in [-0.15, -0.1) is 0 Å². The van der Waals surface area contributed by atoms with Crippen molar-refractivity contribution in [2.45, 2.75) is 30.7 Å². The normalized spacial score (nSPS) is 15.8. The fourth-order valence-electron chi connectivity index (χ4n) is 3.32. The summed E-state index contributed by atoms with van der Waals surface area (Å²) < 4.78 is 5.43. The van der Waals surface area contributed by atoms with Crippen LogP contribution in [0.15, 0.2) is 53.6 Å². The highest BCUT2D eigenvalue weighted by Crippen LogP contribution is 2.29. The van der Waals surface area contributed by atoms with E-state index < -0.39 is 0 Å². The van der Waals surface area contributed by atoms with Gasteiger partial charge in [-0.1, -0.05) is 47.7 Å². The van der Waals surface area contributed by atoms with E-state index in [1.165, 1.54) is 11.8 Å². The van der Waals surface area contributed by atoms with Gasteiger partial charge in [0.1, 0.15) is 10.9 Å². The average molecular weight is 423 g/mol. The Morgan fingerprint density at radius 3 is 2.63 bits per heavy atom. The lowest BCUT2D eigenvalue weighted by Gasteiger charge is -2.26. The zero-order valence-electron chi connectivity index (χ0n) is 17.3. The van der Waals surface area contributed by atoms with Gasteiger partial charge in [-0.3, -0.25) is 9.69 Å². The molecule has 0 unspecified atom stereocenters. The van der Waals surface area contributed by atoms with E-state index >= 15 is 0 Å². The highest BCUT2D eigenvalue weighted by Gasteiger charge is 2.19. The molecule has 6 nitrogen and oxygen atoms in total. The van der Waals surface area contributed by atoms with Gasteiger partial charge in [-0.25, -0.2) is 9.97 Å². The molecule has 2 aromatic carbocycles. The largest absolute Gasteiger partial charge is 0.379 e. The van der Waals surface area contributed by atoms with Crippen LogP contribution in [0, 0.1) is 6.92 Å². The van der Waals surface area contributed by atoms with Crippen LogP contribution in [0.25, 0.3) is 10.9 Å². The Labute approximate surface area is 181 Å². The third kappa shape index (κ3) is 5.16. The topological polar surface area (TPSA) is 67.4 Å². The van der Waals surface area contributed by atoms with Crippen LogP contribution in [0.5, 0.6) is 0 Å². The summed E-state index contributed by atoms with van der Waals surface area (Å²) in [5.74, 6) is 0.741. The predicted molar refractivity (Wildman–Crippen MR) is 121 cm³/mol. The molecule has 1 aromatic heterocycles. The molecule has 1 fully saturated rings. The number of benzene rings is 2. The van der Waals surface area contributed by atoms with Crippen molar-refractivity contribution >= 4 is 34.3 Å². The minimum Gasteiger partial charge on any atom is -0.379 e. The van der Waals surface area contributed by atoms with Crippen LogP contribution in [-0.4, -0.2) is 52.3 Å². The second-order valence-corrected chi connectivity index (χ2v) is 8.80. The number of hydrogen-bond acceptors (Lipinski definition) is 6. The number of aromatic nitrogens is 2. The molecule has 2 heterocycles. The number of morpholine rings is 1. The number of para-hydroxylation sites is 1. The number of fused-ring (bicyclic) bond motifs is 1. The van der Waals surface area contributed by atoms with Crippen molar-refractivity contribution in [1.82, 2.24) is 14.9 Å². The van der Waals surface area contributed by atoms with Crippen LogP contribution < -0.4 is 5.32 Å². The quantitative estimate of drug-likeness (QED) is 0.480. The maximum Gasteiger partial charge on any atom is 0.237 e. The number of amides is 1. The third-order valence-corrected chi connectivity index (χ3v) is 6.16. The van der Waals surface area contributed by atoms with E-state index in [1.54, 1.807) is 0 Å². The first-order valence-corrected chi connectivity index (χ1v) is 11.1. The second-order valence-electron chi connectivity index (χ2n) is 7.47. The van der Waals surface area contributed by atoms with Gasteiger partial charge in [-0.05, 0) is 32.0 Å². The summed E-state index contributed by atoms with van der Waals surface area (Å²) in [5, 5.41) is 4.52. The molecule has 0 spiro atoms. The summed E-state index contributed by atoms with van der Waals surface area (Å²) in [5.41, 5.74) is 2.87. The molecular weight excluding hydrogens is 396 g/mol. The fraction of sp³-hybridized carbons (Fsp3) is 0.348. The van der Waals surface area contributed by atoms with Crippen LogP contribution in [0.2, 0.25) is 0 Å². The SMILES string of the molecule is Cc1ccc(NC(=O)[C@@H](C)Sc2nc(CN3CCOCC3)nc3ccccc23)cc1. The molecule has 1 atom stereocenters. The highest BCUT2D eigenvalue weighted by atomic mass is 32.2. The molecule has 1 amide bonds. The molecular formula is C23H26N4O2S. The number of rotatable bonds is 6. The van der Waals surface area contributed by atoms with E-state index in [0.717, 1.165) is 59.3 Å². The molecule has 0 bridgehead atoms. The Kier molecular flexibility index (Phi) is 6.62. The Balaban J connectivity index is 1.52. The number of nitrogens with one attached hydrogen (secondary N) is 1. The lowest BCUT2D eigenvalue weighted by molar-refractivity contribution is -0.115. The molecule has 7 heteroatoms. The Hall–Kier alpha value is -2.48. The van der Waals surface area contributed by atoms with Gasteiger partial charge in [0.2, 0.25) is 5.91 Å². The van der Waals surface area contributed by atoms with Crippen molar-refractivity contribution < 1.29 is 9.53 Å². The number of carbonyl (C=O) groups excluding carboxylic acids is 1.